The van der Waals surface area contributed by atoms with E-state index >= 15 is 0 Å². The molecule has 4 heteroatoms. The average Bonchev–Trinajstić information content (AvgIpc) is 2.92. The number of benzene rings is 1. The van der Waals surface area contributed by atoms with Gasteiger partial charge < -0.3 is 4.57 Å². The fourth-order valence-electron chi connectivity index (χ4n) is 2.18. The van der Waals surface area contributed by atoms with Crippen LogP contribution in [-0.4, -0.2) is 9.55 Å². The van der Waals surface area contributed by atoms with Gasteiger partial charge in [-0.15, -0.1) is 11.6 Å². The van der Waals surface area contributed by atoms with Crippen molar-refractivity contribution < 1.29 is 0 Å². The minimum absolute atomic E-state index is 0.460. The van der Waals surface area contributed by atoms with Crippen LogP contribution in [0.1, 0.15) is 25.6 Å². The number of fused-ring (bicyclic) bond motifs is 1. The number of hydrogen-bond donors (Lipinski definition) is 0. The fourth-order valence-corrected chi connectivity index (χ4v) is 2.74. The van der Waals surface area contributed by atoms with Crippen LogP contribution in [0.15, 0.2) is 22.7 Å². The summed E-state index contributed by atoms with van der Waals surface area (Å²) in [7, 11) is 0. The minimum atomic E-state index is 0.460. The Morgan fingerprint density at radius 2 is 2.24 bits per heavy atom. The maximum Gasteiger partial charge on any atom is 0.124 e. The molecule has 3 rings (SSSR count). The predicted molar refractivity (Wildman–Crippen MR) is 74.3 cm³/mol. The van der Waals surface area contributed by atoms with Crippen molar-refractivity contribution in [2.75, 3.05) is 0 Å². The van der Waals surface area contributed by atoms with Crippen molar-refractivity contribution in [2.24, 2.45) is 5.41 Å². The second-order valence-corrected chi connectivity index (χ2v) is 6.37. The van der Waals surface area contributed by atoms with E-state index < -0.39 is 0 Å². The Morgan fingerprint density at radius 3 is 2.88 bits per heavy atom. The molecule has 0 amide bonds. The van der Waals surface area contributed by atoms with Gasteiger partial charge in [0.05, 0.1) is 16.9 Å². The van der Waals surface area contributed by atoms with Crippen LogP contribution < -0.4 is 0 Å². The van der Waals surface area contributed by atoms with Crippen LogP contribution in [0.4, 0.5) is 0 Å². The molecule has 1 saturated carbocycles. The first-order valence-electron chi connectivity index (χ1n) is 5.82. The zero-order valence-corrected chi connectivity index (χ0v) is 12.1. The summed E-state index contributed by atoms with van der Waals surface area (Å²) in [6.07, 6.45) is 2.62. The monoisotopic (exact) mass is 312 g/mol. The molecule has 90 valence electrons. The standard InChI is InChI=1S/C13H14BrClN2/c1-13(4-5-13)8-17-11-3-2-9(14)6-10(11)16-12(17)7-15/h2-3,6H,4-5,7-8H2,1H3. The summed E-state index contributed by atoms with van der Waals surface area (Å²) < 4.78 is 3.34. The van der Waals surface area contributed by atoms with Crippen LogP contribution in [0.5, 0.6) is 0 Å². The second kappa shape index (κ2) is 3.99. The molecule has 1 aromatic heterocycles. The molecular weight excluding hydrogens is 300 g/mol. The Balaban J connectivity index is 2.12. The largest absolute Gasteiger partial charge is 0.326 e. The van der Waals surface area contributed by atoms with E-state index in [-0.39, 0.29) is 0 Å². The molecule has 0 N–H and O–H groups in total. The smallest absolute Gasteiger partial charge is 0.124 e. The molecule has 2 nitrogen and oxygen atoms in total. The zero-order valence-electron chi connectivity index (χ0n) is 9.71. The molecule has 0 saturated heterocycles. The lowest BCUT2D eigenvalue weighted by atomic mass is 10.1. The summed E-state index contributed by atoms with van der Waals surface area (Å²) in [5.41, 5.74) is 2.68. The Morgan fingerprint density at radius 1 is 1.47 bits per heavy atom. The Hall–Kier alpha value is -0.540. The van der Waals surface area contributed by atoms with Crippen LogP contribution in [0.3, 0.4) is 0 Å². The first-order valence-corrected chi connectivity index (χ1v) is 7.15. The van der Waals surface area contributed by atoms with Crippen molar-refractivity contribution in [3.8, 4) is 0 Å². The van der Waals surface area contributed by atoms with Crippen molar-refractivity contribution in [1.29, 1.82) is 0 Å². The topological polar surface area (TPSA) is 17.8 Å². The highest BCUT2D eigenvalue weighted by molar-refractivity contribution is 9.10. The van der Waals surface area contributed by atoms with Crippen LogP contribution >= 0.6 is 27.5 Å². The number of hydrogen-bond acceptors (Lipinski definition) is 1. The quantitative estimate of drug-likeness (QED) is 0.771. The van der Waals surface area contributed by atoms with Crippen LogP contribution in [0, 0.1) is 5.41 Å². The Labute approximate surface area is 114 Å². The molecule has 0 radical (unpaired) electrons. The van der Waals surface area contributed by atoms with E-state index in [0.717, 1.165) is 22.4 Å². The Bertz CT molecular complexity index is 572. The highest BCUT2D eigenvalue weighted by atomic mass is 79.9. The first-order chi connectivity index (χ1) is 8.11. The number of imidazole rings is 1. The van der Waals surface area contributed by atoms with Gasteiger partial charge in [-0.3, -0.25) is 0 Å². The van der Waals surface area contributed by atoms with Crippen molar-refractivity contribution in [2.45, 2.75) is 32.2 Å². The van der Waals surface area contributed by atoms with E-state index in [4.69, 9.17) is 11.6 Å². The van der Waals surface area contributed by atoms with E-state index in [1.54, 1.807) is 0 Å². The maximum atomic E-state index is 6.00. The number of halogens is 2. The minimum Gasteiger partial charge on any atom is -0.326 e. The highest BCUT2D eigenvalue weighted by Gasteiger charge is 2.38. The Kier molecular flexibility index (Phi) is 2.71. The summed E-state index contributed by atoms with van der Waals surface area (Å²) >= 11 is 9.48. The van der Waals surface area contributed by atoms with Crippen LogP contribution in [0.2, 0.25) is 0 Å². The van der Waals surface area contributed by atoms with E-state index in [0.29, 0.717) is 11.3 Å². The van der Waals surface area contributed by atoms with E-state index in [1.165, 1.54) is 18.4 Å². The van der Waals surface area contributed by atoms with Gasteiger partial charge in [-0.05, 0) is 36.5 Å². The third kappa shape index (κ3) is 2.11. The van der Waals surface area contributed by atoms with Crippen molar-refractivity contribution >= 4 is 38.6 Å². The van der Waals surface area contributed by atoms with Gasteiger partial charge in [-0.2, -0.15) is 0 Å². The molecule has 1 fully saturated rings. The molecule has 0 bridgehead atoms. The molecule has 0 spiro atoms. The lowest BCUT2D eigenvalue weighted by Crippen LogP contribution is -2.10. The van der Waals surface area contributed by atoms with Gasteiger partial charge in [0.25, 0.3) is 0 Å². The molecule has 0 atom stereocenters. The van der Waals surface area contributed by atoms with Gasteiger partial charge in [0.2, 0.25) is 0 Å². The van der Waals surface area contributed by atoms with Gasteiger partial charge in [0, 0.05) is 11.0 Å². The number of alkyl halides is 1. The summed E-state index contributed by atoms with van der Waals surface area (Å²) in [5, 5.41) is 0. The zero-order chi connectivity index (χ0) is 12.0. The number of aromatic nitrogens is 2. The normalized spacial score (nSPS) is 17.6. The summed E-state index contributed by atoms with van der Waals surface area (Å²) in [5.74, 6) is 1.45. The molecule has 17 heavy (non-hydrogen) atoms. The third-order valence-electron chi connectivity index (χ3n) is 3.55. The summed E-state index contributed by atoms with van der Waals surface area (Å²) in [6, 6.07) is 6.24. The number of rotatable bonds is 3. The van der Waals surface area contributed by atoms with Gasteiger partial charge in [0.1, 0.15) is 5.82 Å². The molecule has 1 heterocycles. The molecule has 2 aromatic rings. The van der Waals surface area contributed by atoms with E-state index in [1.807, 2.05) is 0 Å². The van der Waals surface area contributed by atoms with Gasteiger partial charge in [-0.25, -0.2) is 4.98 Å². The molecule has 1 aliphatic carbocycles. The molecular formula is C13H14BrClN2. The third-order valence-corrected chi connectivity index (χ3v) is 4.28. The van der Waals surface area contributed by atoms with E-state index in [9.17, 15) is 0 Å². The lowest BCUT2D eigenvalue weighted by molar-refractivity contribution is 0.465. The fraction of sp³-hybridized carbons (Fsp3) is 0.462. The van der Waals surface area contributed by atoms with Crippen LogP contribution in [-0.2, 0) is 12.4 Å². The SMILES string of the molecule is CC1(Cn2c(CCl)nc3cc(Br)ccc32)CC1. The van der Waals surface area contributed by atoms with E-state index in [2.05, 4.69) is 50.6 Å². The summed E-state index contributed by atoms with van der Waals surface area (Å²) in [6.45, 7) is 3.36. The second-order valence-electron chi connectivity index (χ2n) is 5.19. The first kappa shape index (κ1) is 11.5. The van der Waals surface area contributed by atoms with Gasteiger partial charge in [0.15, 0.2) is 0 Å². The summed E-state index contributed by atoms with van der Waals surface area (Å²) in [4.78, 5) is 4.60. The van der Waals surface area contributed by atoms with Gasteiger partial charge in [-0.1, -0.05) is 22.9 Å². The average molecular weight is 314 g/mol. The lowest BCUT2D eigenvalue weighted by Gasteiger charge is -2.12. The molecule has 0 unspecified atom stereocenters. The maximum absolute atomic E-state index is 6.00. The van der Waals surface area contributed by atoms with Crippen LogP contribution in [0.25, 0.3) is 11.0 Å². The highest BCUT2D eigenvalue weighted by Crippen LogP contribution is 2.47. The molecule has 1 aromatic carbocycles. The number of nitrogens with zero attached hydrogens (tertiary/aromatic N) is 2. The predicted octanol–water partition coefficient (Wildman–Crippen LogP) is 4.34. The van der Waals surface area contributed by atoms with Crippen molar-refractivity contribution in [3.63, 3.8) is 0 Å². The van der Waals surface area contributed by atoms with Crippen molar-refractivity contribution in [1.82, 2.24) is 9.55 Å². The molecule has 1 aliphatic rings. The van der Waals surface area contributed by atoms with Crippen molar-refractivity contribution in [3.05, 3.63) is 28.5 Å². The van der Waals surface area contributed by atoms with Gasteiger partial charge >= 0.3 is 0 Å². The molecule has 0 aliphatic heterocycles.